The number of amides is 4. The summed E-state index contributed by atoms with van der Waals surface area (Å²) in [7, 11) is 1.78. The molecule has 2 fully saturated rings. The Hall–Kier alpha value is -2.46. The summed E-state index contributed by atoms with van der Waals surface area (Å²) >= 11 is 1.58. The van der Waals surface area contributed by atoms with Crippen molar-refractivity contribution in [3.8, 4) is 0 Å². The second-order valence-electron chi connectivity index (χ2n) is 11.9. The predicted molar refractivity (Wildman–Crippen MR) is 146 cm³/mol. The number of nitrogens with one attached hydrogen (secondary N) is 1. The molecule has 1 saturated heterocycles. The van der Waals surface area contributed by atoms with Gasteiger partial charge in [-0.2, -0.15) is 0 Å². The van der Waals surface area contributed by atoms with Crippen molar-refractivity contribution in [2.45, 2.75) is 84.2 Å². The molecule has 1 saturated carbocycles. The van der Waals surface area contributed by atoms with Crippen LogP contribution < -0.4 is 5.32 Å². The number of rotatable bonds is 11. The van der Waals surface area contributed by atoms with Gasteiger partial charge in [-0.25, -0.2) is 5.06 Å². The molecular weight excluding hydrogens is 504 g/mol. The Labute approximate surface area is 230 Å². The second kappa shape index (κ2) is 13.6. The van der Waals surface area contributed by atoms with Crippen molar-refractivity contribution in [3.63, 3.8) is 0 Å². The molecule has 0 bridgehead atoms. The Kier molecular flexibility index (Phi) is 10.7. The molecule has 1 aromatic rings. The molecule has 0 radical (unpaired) electrons. The highest BCUT2D eigenvalue weighted by Gasteiger charge is 2.39. The molecule has 3 rings (SSSR count). The van der Waals surface area contributed by atoms with Crippen LogP contribution in [0.1, 0.15) is 70.6 Å². The molecule has 1 aromatic heterocycles. The van der Waals surface area contributed by atoms with Gasteiger partial charge >= 0.3 is 0 Å². The molecule has 2 heterocycles. The highest BCUT2D eigenvalue weighted by atomic mass is 32.1. The van der Waals surface area contributed by atoms with Crippen molar-refractivity contribution >= 4 is 35.5 Å². The summed E-state index contributed by atoms with van der Waals surface area (Å²) in [5.41, 5.74) is -0.542. The van der Waals surface area contributed by atoms with Crippen molar-refractivity contribution in [3.05, 3.63) is 22.4 Å². The number of carbonyl (C=O) groups excluding carboxylic acids is 4. The van der Waals surface area contributed by atoms with Gasteiger partial charge in [-0.1, -0.05) is 52.5 Å². The predicted octanol–water partition coefficient (Wildman–Crippen LogP) is 3.32. The Morgan fingerprint density at radius 1 is 1.18 bits per heavy atom. The average molecular weight is 549 g/mol. The molecule has 2 unspecified atom stereocenters. The molecule has 10 heteroatoms. The van der Waals surface area contributed by atoms with Crippen molar-refractivity contribution in [2.24, 2.45) is 17.3 Å². The van der Waals surface area contributed by atoms with E-state index in [9.17, 15) is 24.4 Å². The maximum absolute atomic E-state index is 13.7. The molecule has 2 N–H and O–H groups in total. The van der Waals surface area contributed by atoms with E-state index in [1.807, 2.05) is 43.2 Å². The van der Waals surface area contributed by atoms with Gasteiger partial charge in [-0.3, -0.25) is 24.4 Å². The van der Waals surface area contributed by atoms with Gasteiger partial charge in [0, 0.05) is 31.1 Å². The first kappa shape index (κ1) is 30.1. The summed E-state index contributed by atoms with van der Waals surface area (Å²) in [4.78, 5) is 55.5. The van der Waals surface area contributed by atoms with Crippen LogP contribution in [0.3, 0.4) is 0 Å². The number of hydroxylamine groups is 2. The Morgan fingerprint density at radius 2 is 1.84 bits per heavy atom. The summed E-state index contributed by atoms with van der Waals surface area (Å²) in [6, 6.07) is 3.14. The van der Waals surface area contributed by atoms with Gasteiger partial charge < -0.3 is 15.1 Å². The normalized spacial score (nSPS) is 18.6. The summed E-state index contributed by atoms with van der Waals surface area (Å²) in [6.45, 7) is 6.87. The standard InChI is InChI=1S/C28H44N4O5S/c1-28(2,3)25(29-26(35)21(18-32(37)19-33)16-20-8-5-6-9-20)27(36)30(4)22-11-13-31(14-12-22)24(34)17-23-10-7-15-38-23/h7,10,15,19-22,25,37H,5-6,8-9,11-14,16-18H2,1-4H3,(H,29,35). The van der Waals surface area contributed by atoms with Crippen LogP contribution in [0.15, 0.2) is 17.5 Å². The molecule has 2 atom stereocenters. The zero-order valence-electron chi connectivity index (χ0n) is 23.2. The molecule has 0 aromatic carbocycles. The van der Waals surface area contributed by atoms with Crippen LogP contribution in [0.4, 0.5) is 0 Å². The lowest BCUT2D eigenvalue weighted by atomic mass is 9.84. The van der Waals surface area contributed by atoms with Crippen LogP contribution in [0, 0.1) is 17.3 Å². The van der Waals surface area contributed by atoms with E-state index in [2.05, 4.69) is 5.32 Å². The van der Waals surface area contributed by atoms with Gasteiger partial charge in [0.25, 0.3) is 0 Å². The molecule has 38 heavy (non-hydrogen) atoms. The zero-order valence-corrected chi connectivity index (χ0v) is 24.0. The van der Waals surface area contributed by atoms with Gasteiger partial charge in [0.2, 0.25) is 24.1 Å². The third-order valence-corrected chi connectivity index (χ3v) is 8.89. The minimum absolute atomic E-state index is 0.0210. The monoisotopic (exact) mass is 548 g/mol. The fourth-order valence-corrected chi connectivity index (χ4v) is 6.35. The van der Waals surface area contributed by atoms with Crippen LogP contribution in [0.5, 0.6) is 0 Å². The van der Waals surface area contributed by atoms with E-state index in [4.69, 9.17) is 0 Å². The highest BCUT2D eigenvalue weighted by Crippen LogP contribution is 2.31. The lowest BCUT2D eigenvalue weighted by Crippen LogP contribution is -2.58. The summed E-state index contributed by atoms with van der Waals surface area (Å²) in [6.07, 6.45) is 7.00. The van der Waals surface area contributed by atoms with Crippen molar-refractivity contribution < 1.29 is 24.4 Å². The maximum atomic E-state index is 13.7. The van der Waals surface area contributed by atoms with Crippen LogP contribution in [-0.4, -0.2) is 83.0 Å². The molecule has 4 amide bonds. The van der Waals surface area contributed by atoms with Crippen molar-refractivity contribution in [1.82, 2.24) is 20.2 Å². The zero-order chi connectivity index (χ0) is 27.9. The molecular formula is C28H44N4O5S. The molecule has 212 valence electrons. The first-order valence-electron chi connectivity index (χ1n) is 13.8. The highest BCUT2D eigenvalue weighted by molar-refractivity contribution is 7.10. The first-order valence-corrected chi connectivity index (χ1v) is 14.7. The van der Waals surface area contributed by atoms with E-state index >= 15 is 0 Å². The maximum Gasteiger partial charge on any atom is 0.245 e. The number of nitrogens with zero attached hydrogens (tertiary/aromatic N) is 3. The van der Waals surface area contributed by atoms with E-state index in [1.165, 1.54) is 0 Å². The summed E-state index contributed by atoms with van der Waals surface area (Å²) in [5.74, 6) is -0.571. The van der Waals surface area contributed by atoms with Crippen molar-refractivity contribution in [2.75, 3.05) is 26.7 Å². The van der Waals surface area contributed by atoms with Crippen molar-refractivity contribution in [1.29, 1.82) is 0 Å². The number of thiophene rings is 1. The number of hydrogen-bond acceptors (Lipinski definition) is 6. The van der Waals surface area contributed by atoms with Gasteiger partial charge in [0.05, 0.1) is 18.9 Å². The lowest BCUT2D eigenvalue weighted by Gasteiger charge is -2.40. The van der Waals surface area contributed by atoms with E-state index in [0.717, 1.165) is 30.6 Å². The first-order chi connectivity index (χ1) is 18.0. The van der Waals surface area contributed by atoms with Crippen LogP contribution in [0.25, 0.3) is 0 Å². The number of likely N-dealkylation sites (tertiary alicyclic amines) is 1. The van der Waals surface area contributed by atoms with Gasteiger partial charge in [-0.05, 0) is 42.0 Å². The van der Waals surface area contributed by atoms with E-state index in [-0.39, 0.29) is 30.3 Å². The molecule has 0 spiro atoms. The Morgan fingerprint density at radius 3 is 2.39 bits per heavy atom. The second-order valence-corrected chi connectivity index (χ2v) is 13.0. The minimum Gasteiger partial charge on any atom is -0.344 e. The largest absolute Gasteiger partial charge is 0.344 e. The molecule has 1 aliphatic heterocycles. The Bertz CT molecular complexity index is 934. The number of hydrogen-bond donors (Lipinski definition) is 2. The number of piperidine rings is 1. The summed E-state index contributed by atoms with van der Waals surface area (Å²) in [5, 5.41) is 15.3. The number of carbonyl (C=O) groups is 4. The summed E-state index contributed by atoms with van der Waals surface area (Å²) < 4.78 is 0. The van der Waals surface area contributed by atoms with Gasteiger partial charge in [0.1, 0.15) is 6.04 Å². The molecule has 1 aliphatic carbocycles. The molecule has 2 aliphatic rings. The van der Waals surface area contributed by atoms with Gasteiger partial charge in [0.15, 0.2) is 0 Å². The third kappa shape index (κ3) is 8.27. The average Bonchev–Trinajstić information content (AvgIpc) is 3.59. The fourth-order valence-electron chi connectivity index (χ4n) is 5.65. The third-order valence-electron chi connectivity index (χ3n) is 8.01. The van der Waals surface area contributed by atoms with E-state index in [1.54, 1.807) is 23.3 Å². The number of likely N-dealkylation sites (N-methyl/N-ethyl adjacent to an activating group) is 1. The lowest BCUT2D eigenvalue weighted by molar-refractivity contribution is -0.156. The van der Waals surface area contributed by atoms with Crippen LogP contribution in [-0.2, 0) is 25.6 Å². The smallest absolute Gasteiger partial charge is 0.245 e. The molecule has 9 nitrogen and oxygen atoms in total. The quantitative estimate of drug-likeness (QED) is 0.250. The fraction of sp³-hybridized carbons (Fsp3) is 0.714. The van der Waals surface area contributed by atoms with Crippen LogP contribution >= 0.6 is 11.3 Å². The minimum atomic E-state index is -0.757. The van der Waals surface area contributed by atoms with E-state index < -0.39 is 17.4 Å². The Balaban J connectivity index is 1.61. The van der Waals surface area contributed by atoms with Gasteiger partial charge in [-0.15, -0.1) is 11.3 Å². The SMILES string of the molecule is CN(C(=O)C(NC(=O)C(CC1CCCC1)CN(O)C=O)C(C)(C)C)C1CCN(C(=O)Cc2cccs2)CC1. The van der Waals surface area contributed by atoms with E-state index in [0.29, 0.717) is 56.2 Å². The topological polar surface area (TPSA) is 110 Å². The van der Waals surface area contributed by atoms with Crippen LogP contribution in [0.2, 0.25) is 0 Å².